The highest BCUT2D eigenvalue weighted by Gasteiger charge is 2.48. The van der Waals surface area contributed by atoms with Crippen molar-refractivity contribution in [3.63, 3.8) is 0 Å². The number of rotatable bonds is 8. The molecule has 1 aliphatic carbocycles. The summed E-state index contributed by atoms with van der Waals surface area (Å²) in [5.41, 5.74) is -0.0318. The summed E-state index contributed by atoms with van der Waals surface area (Å²) in [6, 6.07) is 8.68. The number of carbonyl (C=O) groups excluding carboxylic acids is 1. The summed E-state index contributed by atoms with van der Waals surface area (Å²) >= 11 is 0. The van der Waals surface area contributed by atoms with Gasteiger partial charge in [-0.15, -0.1) is 0 Å². The molecule has 4 nitrogen and oxygen atoms in total. The molecule has 1 N–H and O–H groups in total. The lowest BCUT2D eigenvalue weighted by Gasteiger charge is -2.45. The summed E-state index contributed by atoms with van der Waals surface area (Å²) in [5, 5.41) is 11.6. The Labute approximate surface area is 151 Å². The number of likely N-dealkylation sites (N-methyl/N-ethyl adjacent to an activating group) is 2. The number of ketones is 1. The molecule has 2 rings (SSSR count). The van der Waals surface area contributed by atoms with Crippen molar-refractivity contribution in [1.82, 2.24) is 9.80 Å². The van der Waals surface area contributed by atoms with Gasteiger partial charge in [0.05, 0.1) is 6.04 Å². The van der Waals surface area contributed by atoms with Gasteiger partial charge in [0.2, 0.25) is 0 Å². The van der Waals surface area contributed by atoms with E-state index in [2.05, 4.69) is 37.5 Å². The van der Waals surface area contributed by atoms with Gasteiger partial charge in [0.15, 0.2) is 11.4 Å². The summed E-state index contributed by atoms with van der Waals surface area (Å²) < 4.78 is 0. The normalized spacial score (nSPS) is 22.8. The molecule has 2 unspecified atom stereocenters. The summed E-state index contributed by atoms with van der Waals surface area (Å²) in [4.78, 5) is 17.6. The highest BCUT2D eigenvalue weighted by atomic mass is 16.3. The second-order valence-electron chi connectivity index (χ2n) is 6.27. The highest BCUT2D eigenvalue weighted by molar-refractivity contribution is 6.04. The first-order valence-electron chi connectivity index (χ1n) is 9.23. The van der Waals surface area contributed by atoms with E-state index in [0.29, 0.717) is 5.56 Å². The zero-order valence-electron chi connectivity index (χ0n) is 15.8. The Morgan fingerprint density at radius 3 is 2.16 bits per heavy atom. The van der Waals surface area contributed by atoms with Gasteiger partial charge in [0.25, 0.3) is 0 Å². The number of hydrogen-bond donors (Lipinski definition) is 1. The summed E-state index contributed by atoms with van der Waals surface area (Å²) in [5.74, 6) is -0.251. The fraction of sp³-hybridized carbons (Fsp3) is 0.476. The van der Waals surface area contributed by atoms with Gasteiger partial charge < -0.3 is 10.0 Å². The van der Waals surface area contributed by atoms with E-state index in [4.69, 9.17) is 0 Å². The Hall–Kier alpha value is -1.91. The Kier molecular flexibility index (Phi) is 6.57. The van der Waals surface area contributed by atoms with Crippen molar-refractivity contribution >= 4 is 5.78 Å². The Balaban J connectivity index is 2.53. The summed E-state index contributed by atoms with van der Waals surface area (Å²) in [6.45, 7) is 11.5. The minimum absolute atomic E-state index is 0.251. The van der Waals surface area contributed by atoms with Gasteiger partial charge in [0, 0.05) is 24.4 Å². The van der Waals surface area contributed by atoms with Crippen LogP contribution in [-0.2, 0) is 0 Å². The lowest BCUT2D eigenvalue weighted by atomic mass is 9.79. The van der Waals surface area contributed by atoms with Crippen molar-refractivity contribution in [3.8, 4) is 0 Å². The molecular formula is C21H30N2O2. The molecule has 0 fully saturated rings. The molecule has 0 spiro atoms. The number of nitrogens with zero attached hydrogens (tertiary/aromatic N) is 2. The molecule has 4 heteroatoms. The predicted octanol–water partition coefficient (Wildman–Crippen LogP) is 3.11. The number of aliphatic hydroxyl groups is 1. The van der Waals surface area contributed by atoms with Crippen LogP contribution in [0, 0.1) is 0 Å². The predicted molar refractivity (Wildman–Crippen MR) is 103 cm³/mol. The van der Waals surface area contributed by atoms with Crippen molar-refractivity contribution in [2.24, 2.45) is 0 Å². The third kappa shape index (κ3) is 3.70. The molecular weight excluding hydrogens is 312 g/mol. The molecule has 0 radical (unpaired) electrons. The van der Waals surface area contributed by atoms with Crippen LogP contribution < -0.4 is 0 Å². The average Bonchev–Trinajstić information content (AvgIpc) is 2.65. The molecule has 0 heterocycles. The first kappa shape index (κ1) is 19.4. The number of allylic oxidation sites excluding steroid dienone is 2. The summed E-state index contributed by atoms with van der Waals surface area (Å²) in [6.07, 6.45) is 5.50. The Morgan fingerprint density at radius 2 is 1.64 bits per heavy atom. The zero-order chi connectivity index (χ0) is 18.4. The van der Waals surface area contributed by atoms with Crippen molar-refractivity contribution in [2.45, 2.75) is 39.3 Å². The lowest BCUT2D eigenvalue weighted by molar-refractivity contribution is 0.00461. The SMILES string of the molecule is CCN(CC)C1=CC=CC(O)(C(=O)c2ccccc2)C1N(CC)CC. The molecule has 0 aliphatic heterocycles. The molecule has 1 aromatic carbocycles. The molecule has 0 aromatic heterocycles. The van der Waals surface area contributed by atoms with E-state index in [9.17, 15) is 9.90 Å². The van der Waals surface area contributed by atoms with Gasteiger partial charge in [-0.3, -0.25) is 9.69 Å². The van der Waals surface area contributed by atoms with E-state index in [1.807, 2.05) is 30.4 Å². The fourth-order valence-corrected chi connectivity index (χ4v) is 3.64. The van der Waals surface area contributed by atoms with E-state index >= 15 is 0 Å². The molecule has 1 aliphatic rings. The van der Waals surface area contributed by atoms with Crippen LogP contribution in [0.1, 0.15) is 38.1 Å². The number of carbonyl (C=O) groups is 1. The molecule has 2 atom stereocenters. The average molecular weight is 342 g/mol. The molecule has 136 valence electrons. The standard InChI is InChI=1S/C21H30N2O2/c1-5-22(6-2)18-15-12-16-21(25,19(18)23(7-3)8-4)20(24)17-13-10-9-11-14-17/h9-16,19,25H,5-8H2,1-4H3. The highest BCUT2D eigenvalue weighted by Crippen LogP contribution is 2.33. The van der Waals surface area contributed by atoms with E-state index in [0.717, 1.165) is 31.9 Å². The van der Waals surface area contributed by atoms with Crippen LogP contribution in [0.5, 0.6) is 0 Å². The van der Waals surface area contributed by atoms with E-state index < -0.39 is 5.60 Å². The minimum Gasteiger partial charge on any atom is -0.375 e. The second-order valence-corrected chi connectivity index (χ2v) is 6.27. The van der Waals surface area contributed by atoms with Gasteiger partial charge in [0.1, 0.15) is 0 Å². The van der Waals surface area contributed by atoms with Crippen molar-refractivity contribution < 1.29 is 9.90 Å². The number of hydrogen-bond acceptors (Lipinski definition) is 4. The van der Waals surface area contributed by atoms with Crippen molar-refractivity contribution in [1.29, 1.82) is 0 Å². The third-order valence-electron chi connectivity index (χ3n) is 5.02. The van der Waals surface area contributed by atoms with Gasteiger partial charge in [-0.25, -0.2) is 0 Å². The Bertz CT molecular complexity index is 631. The quantitative estimate of drug-likeness (QED) is 0.737. The van der Waals surface area contributed by atoms with E-state index in [1.54, 1.807) is 18.2 Å². The van der Waals surface area contributed by atoms with Crippen LogP contribution in [0.4, 0.5) is 0 Å². The summed E-state index contributed by atoms with van der Waals surface area (Å²) in [7, 11) is 0. The van der Waals surface area contributed by atoms with Crippen LogP contribution in [0.2, 0.25) is 0 Å². The maximum atomic E-state index is 13.2. The second kappa shape index (κ2) is 8.45. The van der Waals surface area contributed by atoms with Gasteiger partial charge in [-0.05, 0) is 39.1 Å². The molecule has 25 heavy (non-hydrogen) atoms. The van der Waals surface area contributed by atoms with Gasteiger partial charge in [-0.2, -0.15) is 0 Å². The minimum atomic E-state index is -1.57. The van der Waals surface area contributed by atoms with Crippen molar-refractivity contribution in [3.05, 3.63) is 59.8 Å². The smallest absolute Gasteiger partial charge is 0.200 e. The van der Waals surface area contributed by atoms with Crippen LogP contribution in [0.25, 0.3) is 0 Å². The lowest BCUT2D eigenvalue weighted by Crippen LogP contribution is -2.60. The monoisotopic (exact) mass is 342 g/mol. The van der Waals surface area contributed by atoms with Crippen molar-refractivity contribution in [2.75, 3.05) is 26.2 Å². The molecule has 0 saturated heterocycles. The van der Waals surface area contributed by atoms with Gasteiger partial charge >= 0.3 is 0 Å². The maximum absolute atomic E-state index is 13.2. The van der Waals surface area contributed by atoms with Crippen LogP contribution in [0.15, 0.2) is 54.3 Å². The Morgan fingerprint density at radius 1 is 1.04 bits per heavy atom. The van der Waals surface area contributed by atoms with E-state index in [-0.39, 0.29) is 11.8 Å². The first-order valence-corrected chi connectivity index (χ1v) is 9.23. The molecule has 0 bridgehead atoms. The topological polar surface area (TPSA) is 43.8 Å². The fourth-order valence-electron chi connectivity index (χ4n) is 3.64. The molecule has 1 aromatic rings. The number of benzene rings is 1. The maximum Gasteiger partial charge on any atom is 0.200 e. The van der Waals surface area contributed by atoms with Crippen LogP contribution in [0.3, 0.4) is 0 Å². The van der Waals surface area contributed by atoms with Gasteiger partial charge in [-0.1, -0.05) is 50.3 Å². The van der Waals surface area contributed by atoms with Crippen LogP contribution >= 0.6 is 0 Å². The first-order chi connectivity index (χ1) is 12.0. The number of Topliss-reactive ketones (excluding diaryl/α,β-unsaturated/α-hetero) is 1. The third-order valence-corrected chi connectivity index (χ3v) is 5.02. The van der Waals surface area contributed by atoms with Crippen LogP contribution in [-0.4, -0.2) is 58.5 Å². The van der Waals surface area contributed by atoms with E-state index in [1.165, 1.54) is 0 Å². The zero-order valence-corrected chi connectivity index (χ0v) is 15.8. The largest absolute Gasteiger partial charge is 0.375 e. The molecule has 0 saturated carbocycles. The molecule has 0 amide bonds.